The zero-order chi connectivity index (χ0) is 19.0. The third-order valence-electron chi connectivity index (χ3n) is 2.32. The van der Waals surface area contributed by atoms with E-state index in [1.54, 1.807) is 6.19 Å². The third-order valence-corrected chi connectivity index (χ3v) is 3.41. The Morgan fingerprint density at radius 2 is 1.67 bits per heavy atom. The van der Waals surface area contributed by atoms with Gasteiger partial charge in [-0.05, 0) is 29.8 Å². The van der Waals surface area contributed by atoms with Crippen LogP contribution in [0.1, 0.15) is 60.5 Å². The molecule has 0 atom stereocenters. The van der Waals surface area contributed by atoms with E-state index in [1.807, 2.05) is 65.0 Å². The van der Waals surface area contributed by atoms with Gasteiger partial charge in [-0.3, -0.25) is 10.1 Å². The van der Waals surface area contributed by atoms with E-state index in [0.29, 0.717) is 10.1 Å². The molecule has 1 aromatic carbocycles. The lowest BCUT2D eigenvalue weighted by atomic mass is 10.1. The fourth-order valence-electron chi connectivity index (χ4n) is 1.48. The zero-order valence-electron chi connectivity index (χ0n) is 15.8. The maximum Gasteiger partial charge on any atom is 0.264 e. The molecule has 1 N–H and O–H groups in total. The van der Waals surface area contributed by atoms with Crippen LogP contribution in [0, 0.1) is 11.5 Å². The van der Waals surface area contributed by atoms with Gasteiger partial charge >= 0.3 is 0 Å². The number of carbonyl (C=O) groups excluding carboxylic acids is 1. The van der Waals surface area contributed by atoms with E-state index in [2.05, 4.69) is 24.2 Å². The van der Waals surface area contributed by atoms with Crippen molar-refractivity contribution in [1.82, 2.24) is 5.32 Å². The molecule has 4 nitrogen and oxygen atoms in total. The van der Waals surface area contributed by atoms with E-state index in [0.717, 1.165) is 11.1 Å². The zero-order valence-corrected chi connectivity index (χ0v) is 16.6. The number of benzene rings is 1. The Morgan fingerprint density at radius 1 is 1.17 bits per heavy atom. The van der Waals surface area contributed by atoms with Crippen LogP contribution >= 0.6 is 11.8 Å². The van der Waals surface area contributed by atoms with Crippen molar-refractivity contribution in [2.24, 2.45) is 4.99 Å². The first-order valence-corrected chi connectivity index (χ1v) is 9.17. The Balaban J connectivity index is 0. The highest BCUT2D eigenvalue weighted by molar-refractivity contribution is 8.18. The number of allylic oxidation sites excluding steroid dienone is 1. The molecule has 0 radical (unpaired) electrons. The minimum atomic E-state index is -0.203. The molecular weight excluding hydrogens is 318 g/mol. The summed E-state index contributed by atoms with van der Waals surface area (Å²) in [5, 5.41) is 11.3. The summed E-state index contributed by atoms with van der Waals surface area (Å²) in [4.78, 5) is 15.8. The van der Waals surface area contributed by atoms with Crippen LogP contribution in [0.15, 0.2) is 40.2 Å². The molecule has 1 aliphatic heterocycles. The Morgan fingerprint density at radius 3 is 2.12 bits per heavy atom. The predicted molar refractivity (Wildman–Crippen MR) is 106 cm³/mol. The first kappa shape index (κ1) is 24.2. The lowest BCUT2D eigenvalue weighted by Crippen LogP contribution is -2.19. The number of nitrogens with zero attached hydrogens (tertiary/aromatic N) is 2. The van der Waals surface area contributed by atoms with Crippen LogP contribution in [-0.4, -0.2) is 11.1 Å². The highest BCUT2D eigenvalue weighted by atomic mass is 32.2. The second-order valence-corrected chi connectivity index (χ2v) is 5.10. The smallest absolute Gasteiger partial charge is 0.264 e. The summed E-state index contributed by atoms with van der Waals surface area (Å²) in [5.74, 6) is -0.203. The normalized spacial score (nSPS) is 15.4. The van der Waals surface area contributed by atoms with Gasteiger partial charge < -0.3 is 0 Å². The van der Waals surface area contributed by atoms with Gasteiger partial charge in [0.25, 0.3) is 5.91 Å². The molecule has 1 saturated heterocycles. The summed E-state index contributed by atoms with van der Waals surface area (Å²) in [6.07, 6.45) is 2.91. The summed E-state index contributed by atoms with van der Waals surface area (Å²) >= 11 is 1.19. The maximum atomic E-state index is 11.7. The first-order chi connectivity index (χ1) is 11.6. The number of carbonyl (C=O) groups is 1. The fourth-order valence-corrected chi connectivity index (χ4v) is 2.32. The molecule has 1 amide bonds. The second-order valence-electron chi connectivity index (χ2n) is 4.10. The molecule has 1 heterocycles. The van der Waals surface area contributed by atoms with Gasteiger partial charge in [-0.25, -0.2) is 0 Å². The molecule has 5 heteroatoms. The minimum absolute atomic E-state index is 0.203. The third kappa shape index (κ3) is 8.54. The second kappa shape index (κ2) is 15.8. The topological polar surface area (TPSA) is 65.2 Å². The van der Waals surface area contributed by atoms with Crippen molar-refractivity contribution in [2.75, 3.05) is 0 Å². The van der Waals surface area contributed by atoms with Crippen LogP contribution < -0.4 is 5.32 Å². The number of nitriles is 1. The van der Waals surface area contributed by atoms with Crippen molar-refractivity contribution in [3.63, 3.8) is 0 Å². The summed E-state index contributed by atoms with van der Waals surface area (Å²) in [7, 11) is 0. The van der Waals surface area contributed by atoms with Gasteiger partial charge in [0, 0.05) is 0 Å². The molecule has 0 aliphatic carbocycles. The highest BCUT2D eigenvalue weighted by Gasteiger charge is 2.26. The Kier molecular flexibility index (Phi) is 16.0. The van der Waals surface area contributed by atoms with Gasteiger partial charge in [0.2, 0.25) is 6.19 Å². The molecule has 2 rings (SSSR count). The molecule has 1 fully saturated rings. The number of hydrogen-bond acceptors (Lipinski definition) is 4. The summed E-state index contributed by atoms with van der Waals surface area (Å²) < 4.78 is 0. The minimum Gasteiger partial charge on any atom is -0.300 e. The van der Waals surface area contributed by atoms with Crippen LogP contribution in [0.5, 0.6) is 0 Å². The standard InChI is InChI=1S/C12H9N3OS.C3H8.2C2H6/c1-8(9-5-3-2-4-6-9)10-11(16)15-12(17-10)14-7-13;1-3-2;2*1-2/h2-6H,1H3,(H,14,15,16);3H2,1-2H3;2*1-2H3. The SMILES string of the molecule is CC.CC.CC(=C1SC(=NC#N)NC1=O)c1ccccc1.CCC. The molecule has 0 aromatic heterocycles. The lowest BCUT2D eigenvalue weighted by Gasteiger charge is -2.02. The molecule has 0 unspecified atom stereocenters. The van der Waals surface area contributed by atoms with Crippen molar-refractivity contribution in [1.29, 1.82) is 5.26 Å². The van der Waals surface area contributed by atoms with Crippen LogP contribution in [0.4, 0.5) is 0 Å². The monoisotopic (exact) mass is 347 g/mol. The van der Waals surface area contributed by atoms with E-state index in [-0.39, 0.29) is 5.91 Å². The highest BCUT2D eigenvalue weighted by Crippen LogP contribution is 2.31. The van der Waals surface area contributed by atoms with Crippen molar-refractivity contribution in [3.05, 3.63) is 40.8 Å². The van der Waals surface area contributed by atoms with Crippen molar-refractivity contribution in [2.45, 2.75) is 54.9 Å². The van der Waals surface area contributed by atoms with E-state index in [4.69, 9.17) is 5.26 Å². The van der Waals surface area contributed by atoms with E-state index in [1.165, 1.54) is 18.2 Å². The summed E-state index contributed by atoms with van der Waals surface area (Å²) in [5.41, 5.74) is 1.87. The number of aliphatic imine (C=N–C) groups is 1. The number of rotatable bonds is 1. The van der Waals surface area contributed by atoms with Crippen LogP contribution in [0.3, 0.4) is 0 Å². The quantitative estimate of drug-likeness (QED) is 0.532. The number of amidine groups is 1. The van der Waals surface area contributed by atoms with E-state index < -0.39 is 0 Å². The Hall–Kier alpha value is -2.06. The molecule has 0 spiro atoms. The molecule has 1 aromatic rings. The first-order valence-electron chi connectivity index (χ1n) is 8.36. The van der Waals surface area contributed by atoms with Crippen LogP contribution in [0.2, 0.25) is 0 Å². The van der Waals surface area contributed by atoms with Crippen molar-refractivity contribution >= 4 is 28.4 Å². The van der Waals surface area contributed by atoms with Gasteiger partial charge in [0.1, 0.15) is 0 Å². The Labute approximate surface area is 151 Å². The molecule has 1 aliphatic rings. The lowest BCUT2D eigenvalue weighted by molar-refractivity contribution is -0.115. The molecule has 24 heavy (non-hydrogen) atoms. The average Bonchev–Trinajstić information content (AvgIpc) is 3.00. The van der Waals surface area contributed by atoms with Gasteiger partial charge in [-0.2, -0.15) is 5.26 Å². The van der Waals surface area contributed by atoms with Gasteiger partial charge in [0.15, 0.2) is 5.17 Å². The summed E-state index contributed by atoms with van der Waals surface area (Å²) in [6.45, 7) is 14.1. The van der Waals surface area contributed by atoms with Crippen molar-refractivity contribution < 1.29 is 4.79 Å². The Bertz CT molecular complexity index is 572. The largest absolute Gasteiger partial charge is 0.300 e. The fraction of sp³-hybridized carbons (Fsp3) is 0.421. The number of hydrogen-bond donors (Lipinski definition) is 1. The predicted octanol–water partition coefficient (Wildman–Crippen LogP) is 5.59. The number of nitrogens with one attached hydrogen (secondary N) is 1. The van der Waals surface area contributed by atoms with E-state index in [9.17, 15) is 4.79 Å². The number of amides is 1. The number of thioether (sulfide) groups is 1. The van der Waals surface area contributed by atoms with Gasteiger partial charge in [-0.15, -0.1) is 4.99 Å². The van der Waals surface area contributed by atoms with Crippen LogP contribution in [0.25, 0.3) is 5.57 Å². The maximum absolute atomic E-state index is 11.7. The average molecular weight is 348 g/mol. The molecule has 0 saturated carbocycles. The van der Waals surface area contributed by atoms with Crippen LogP contribution in [-0.2, 0) is 4.79 Å². The van der Waals surface area contributed by atoms with Gasteiger partial charge in [-0.1, -0.05) is 78.3 Å². The molecular formula is C19H29N3OS. The summed E-state index contributed by atoms with van der Waals surface area (Å²) in [6, 6.07) is 9.64. The molecule has 0 bridgehead atoms. The van der Waals surface area contributed by atoms with Crippen molar-refractivity contribution in [3.8, 4) is 6.19 Å². The van der Waals surface area contributed by atoms with Gasteiger partial charge in [0.05, 0.1) is 4.91 Å². The van der Waals surface area contributed by atoms with E-state index >= 15 is 0 Å². The molecule has 132 valence electrons.